The number of hydrogen-bond acceptors (Lipinski definition) is 5. The van der Waals surface area contributed by atoms with Crippen LogP contribution in [0.4, 0.5) is 0 Å². The van der Waals surface area contributed by atoms with Gasteiger partial charge in [0.15, 0.2) is 11.5 Å². The van der Waals surface area contributed by atoms with Crippen molar-refractivity contribution in [3.8, 4) is 11.5 Å². The highest BCUT2D eigenvalue weighted by atomic mass is 32.2. The third kappa shape index (κ3) is 3.21. The summed E-state index contributed by atoms with van der Waals surface area (Å²) in [6, 6.07) is 13.6. The first-order chi connectivity index (χ1) is 11.5. The molecule has 2 aromatic rings. The zero-order chi connectivity index (χ0) is 17.2. The molecule has 0 spiro atoms. The lowest BCUT2D eigenvalue weighted by Gasteiger charge is -2.23. The van der Waals surface area contributed by atoms with Gasteiger partial charge in [-0.05, 0) is 17.7 Å². The van der Waals surface area contributed by atoms with Crippen molar-refractivity contribution in [1.29, 1.82) is 0 Å². The van der Waals surface area contributed by atoms with Crippen LogP contribution in [0.2, 0.25) is 0 Å². The van der Waals surface area contributed by atoms with Gasteiger partial charge in [-0.1, -0.05) is 36.4 Å². The minimum Gasteiger partial charge on any atom is -0.486 e. The van der Waals surface area contributed by atoms with Gasteiger partial charge >= 0.3 is 0 Å². The number of fused-ring (bicyclic) bond motifs is 1. The fraction of sp³-hybridized carbons (Fsp3) is 0.235. The first-order valence-electron chi connectivity index (χ1n) is 7.42. The second-order valence-electron chi connectivity index (χ2n) is 5.34. The molecule has 6 nitrogen and oxygen atoms in total. The maximum atomic E-state index is 12.7. The molecule has 3 rings (SSSR count). The van der Waals surface area contributed by atoms with Gasteiger partial charge in [0.1, 0.15) is 13.2 Å². The number of carbonyl (C=O) groups excluding carboxylic acids is 1. The van der Waals surface area contributed by atoms with Crippen LogP contribution >= 0.6 is 0 Å². The van der Waals surface area contributed by atoms with E-state index in [1.54, 1.807) is 42.5 Å². The van der Waals surface area contributed by atoms with Crippen molar-refractivity contribution in [3.63, 3.8) is 0 Å². The van der Waals surface area contributed by atoms with Crippen molar-refractivity contribution in [2.45, 2.75) is 5.75 Å². The molecule has 1 aliphatic heterocycles. The van der Waals surface area contributed by atoms with Crippen molar-refractivity contribution in [2.24, 2.45) is 0 Å². The van der Waals surface area contributed by atoms with Crippen LogP contribution in [-0.4, -0.2) is 38.9 Å². The van der Waals surface area contributed by atoms with Crippen molar-refractivity contribution in [1.82, 2.24) is 4.31 Å². The number of benzene rings is 2. The molecule has 1 aliphatic rings. The molecule has 0 saturated heterocycles. The Morgan fingerprint density at radius 3 is 2.50 bits per heavy atom. The Morgan fingerprint density at radius 2 is 1.75 bits per heavy atom. The molecule has 0 unspecified atom stereocenters. The number of ether oxygens (including phenoxy) is 2. The first kappa shape index (κ1) is 16.3. The van der Waals surface area contributed by atoms with E-state index in [-0.39, 0.29) is 17.1 Å². The minimum absolute atomic E-state index is 0.173. The summed E-state index contributed by atoms with van der Waals surface area (Å²) in [4.78, 5) is 12.7. The van der Waals surface area contributed by atoms with E-state index in [2.05, 4.69) is 0 Å². The predicted octanol–water partition coefficient (Wildman–Crippen LogP) is 2.06. The molecule has 0 fully saturated rings. The molecule has 126 valence electrons. The fourth-order valence-electron chi connectivity index (χ4n) is 2.42. The Balaban J connectivity index is 1.87. The van der Waals surface area contributed by atoms with Crippen LogP contribution in [0.1, 0.15) is 15.9 Å². The molecule has 24 heavy (non-hydrogen) atoms. The summed E-state index contributed by atoms with van der Waals surface area (Å²) in [6.45, 7) is 0.713. The van der Waals surface area contributed by atoms with Gasteiger partial charge in [-0.25, -0.2) is 12.7 Å². The summed E-state index contributed by atoms with van der Waals surface area (Å²) in [6.07, 6.45) is 0. The average Bonchev–Trinajstić information content (AvgIpc) is 2.60. The number of hydrogen-bond donors (Lipinski definition) is 0. The van der Waals surface area contributed by atoms with Gasteiger partial charge in [0, 0.05) is 7.05 Å². The van der Waals surface area contributed by atoms with Crippen LogP contribution in [0, 0.1) is 0 Å². The summed E-state index contributed by atoms with van der Waals surface area (Å²) in [5, 5.41) is 0. The molecule has 0 atom stereocenters. The van der Waals surface area contributed by atoms with E-state index in [1.165, 1.54) is 13.1 Å². The molecule has 1 heterocycles. The second kappa shape index (κ2) is 6.52. The molecule has 0 radical (unpaired) electrons. The Morgan fingerprint density at radius 1 is 1.04 bits per heavy atom. The van der Waals surface area contributed by atoms with Crippen molar-refractivity contribution < 1.29 is 22.7 Å². The molecule has 0 aromatic heterocycles. The number of amides is 1. The lowest BCUT2D eigenvalue weighted by molar-refractivity contribution is 0.0872. The number of para-hydroxylation sites is 1. The number of sulfonamides is 1. The highest BCUT2D eigenvalue weighted by Crippen LogP contribution is 2.34. The molecule has 0 N–H and O–H groups in total. The molecule has 0 aliphatic carbocycles. The van der Waals surface area contributed by atoms with Crippen LogP contribution in [0.25, 0.3) is 0 Å². The smallest absolute Gasteiger partial charge is 0.270 e. The predicted molar refractivity (Wildman–Crippen MR) is 88.6 cm³/mol. The number of rotatable bonds is 4. The van der Waals surface area contributed by atoms with E-state index >= 15 is 0 Å². The Hall–Kier alpha value is -2.54. The van der Waals surface area contributed by atoms with Gasteiger partial charge in [-0.2, -0.15) is 0 Å². The lowest BCUT2D eigenvalue weighted by Crippen LogP contribution is -2.34. The molecule has 0 saturated carbocycles. The second-order valence-corrected chi connectivity index (χ2v) is 7.34. The molecule has 2 aromatic carbocycles. The van der Waals surface area contributed by atoms with E-state index < -0.39 is 15.9 Å². The van der Waals surface area contributed by atoms with Gasteiger partial charge in [0.05, 0.1) is 11.3 Å². The lowest BCUT2D eigenvalue weighted by atomic mass is 10.1. The Kier molecular flexibility index (Phi) is 4.44. The minimum atomic E-state index is -3.80. The van der Waals surface area contributed by atoms with Gasteiger partial charge in [-0.15, -0.1) is 0 Å². The summed E-state index contributed by atoms with van der Waals surface area (Å²) in [5.41, 5.74) is 0.790. The van der Waals surface area contributed by atoms with Gasteiger partial charge < -0.3 is 9.47 Å². The van der Waals surface area contributed by atoms with E-state index in [1.807, 2.05) is 0 Å². The summed E-state index contributed by atoms with van der Waals surface area (Å²) < 4.78 is 36.7. The highest BCUT2D eigenvalue weighted by Gasteiger charge is 2.29. The Bertz CT molecular complexity index is 849. The van der Waals surface area contributed by atoms with Crippen molar-refractivity contribution >= 4 is 15.9 Å². The van der Waals surface area contributed by atoms with Gasteiger partial charge in [0.25, 0.3) is 5.91 Å². The molecule has 7 heteroatoms. The van der Waals surface area contributed by atoms with E-state index in [0.717, 1.165) is 4.31 Å². The van der Waals surface area contributed by atoms with E-state index in [0.29, 0.717) is 24.5 Å². The fourth-order valence-corrected chi connectivity index (χ4v) is 3.58. The van der Waals surface area contributed by atoms with Crippen LogP contribution in [0.5, 0.6) is 11.5 Å². The summed E-state index contributed by atoms with van der Waals surface area (Å²) in [5.74, 6) is -0.160. The van der Waals surface area contributed by atoms with E-state index in [9.17, 15) is 13.2 Å². The summed E-state index contributed by atoms with van der Waals surface area (Å²) >= 11 is 0. The van der Waals surface area contributed by atoms with Gasteiger partial charge in [-0.3, -0.25) is 4.79 Å². The topological polar surface area (TPSA) is 72.9 Å². The first-order valence-corrected chi connectivity index (χ1v) is 9.03. The average molecular weight is 347 g/mol. The molecule has 0 bridgehead atoms. The standard InChI is InChI=1S/C17H17NO5S/c1-18(24(20,21)12-13-6-3-2-4-7-13)17(19)14-8-5-9-15-16(14)23-11-10-22-15/h2-9H,10-12H2,1H3. The normalized spacial score (nSPS) is 13.4. The largest absolute Gasteiger partial charge is 0.486 e. The highest BCUT2D eigenvalue weighted by molar-refractivity contribution is 7.88. The van der Waals surface area contributed by atoms with E-state index in [4.69, 9.17) is 9.47 Å². The maximum Gasteiger partial charge on any atom is 0.270 e. The van der Waals surface area contributed by atoms with Crippen LogP contribution in [0.3, 0.4) is 0 Å². The van der Waals surface area contributed by atoms with Crippen LogP contribution in [-0.2, 0) is 15.8 Å². The maximum absolute atomic E-state index is 12.7. The SMILES string of the molecule is CN(C(=O)c1cccc2c1OCCO2)S(=O)(=O)Cc1ccccc1. The number of nitrogens with zero attached hydrogens (tertiary/aromatic N) is 1. The third-order valence-electron chi connectivity index (χ3n) is 3.69. The third-order valence-corrected chi connectivity index (χ3v) is 5.39. The van der Waals surface area contributed by atoms with Crippen LogP contribution < -0.4 is 9.47 Å². The zero-order valence-corrected chi connectivity index (χ0v) is 14.0. The molecule has 1 amide bonds. The summed E-state index contributed by atoms with van der Waals surface area (Å²) in [7, 11) is -2.55. The molecular formula is C17H17NO5S. The van der Waals surface area contributed by atoms with Crippen LogP contribution in [0.15, 0.2) is 48.5 Å². The zero-order valence-electron chi connectivity index (χ0n) is 13.1. The van der Waals surface area contributed by atoms with Crippen molar-refractivity contribution in [2.75, 3.05) is 20.3 Å². The monoisotopic (exact) mass is 347 g/mol. The Labute approximate surface area is 140 Å². The van der Waals surface area contributed by atoms with Crippen molar-refractivity contribution in [3.05, 3.63) is 59.7 Å². The van der Waals surface area contributed by atoms with Gasteiger partial charge in [0.2, 0.25) is 10.0 Å². The number of carbonyl (C=O) groups is 1. The quantitative estimate of drug-likeness (QED) is 0.846. The molecular weight excluding hydrogens is 330 g/mol.